The average Bonchev–Trinajstić information content (AvgIpc) is 2.89. The van der Waals surface area contributed by atoms with Crippen molar-refractivity contribution in [2.24, 2.45) is 0 Å². The number of ether oxygens (including phenoxy) is 1. The van der Waals surface area contributed by atoms with Crippen molar-refractivity contribution in [1.29, 1.82) is 0 Å². The van der Waals surface area contributed by atoms with Gasteiger partial charge in [0.2, 0.25) is 0 Å². The number of carboxylic acid groups (broad SMARTS) is 1. The summed E-state index contributed by atoms with van der Waals surface area (Å²) in [6.45, 7) is -0.342. The van der Waals surface area contributed by atoms with Gasteiger partial charge in [-0.25, -0.2) is 9.18 Å². The van der Waals surface area contributed by atoms with E-state index in [0.29, 0.717) is 4.47 Å². The number of carbonyl (C=O) groups is 2. The van der Waals surface area contributed by atoms with E-state index in [2.05, 4.69) is 21.2 Å². The van der Waals surface area contributed by atoms with Crippen molar-refractivity contribution >= 4 is 44.8 Å². The molecule has 8 heteroatoms. The van der Waals surface area contributed by atoms with Gasteiger partial charge in [0.05, 0.1) is 5.69 Å². The Morgan fingerprint density at radius 1 is 1.38 bits per heavy atom. The summed E-state index contributed by atoms with van der Waals surface area (Å²) in [5, 5.41) is 12.6. The lowest BCUT2D eigenvalue weighted by Crippen LogP contribution is -2.20. The Labute approximate surface area is 131 Å². The number of halogens is 2. The van der Waals surface area contributed by atoms with Gasteiger partial charge in [0.15, 0.2) is 6.61 Å². The zero-order chi connectivity index (χ0) is 15.4. The van der Waals surface area contributed by atoms with Crippen molar-refractivity contribution in [1.82, 2.24) is 0 Å². The molecule has 0 radical (unpaired) electrons. The quantitative estimate of drug-likeness (QED) is 0.842. The van der Waals surface area contributed by atoms with Gasteiger partial charge in [-0.05, 0) is 18.2 Å². The number of aromatic carboxylic acids is 1. The molecule has 2 aromatic rings. The normalized spacial score (nSPS) is 10.2. The zero-order valence-electron chi connectivity index (χ0n) is 10.4. The maximum absolute atomic E-state index is 13.5. The Morgan fingerprint density at radius 3 is 2.76 bits per heavy atom. The molecule has 0 atom stereocenters. The first-order valence-electron chi connectivity index (χ1n) is 5.65. The molecular weight excluding hydrogens is 365 g/mol. The summed E-state index contributed by atoms with van der Waals surface area (Å²) < 4.78 is 19.2. The molecule has 21 heavy (non-hydrogen) atoms. The van der Waals surface area contributed by atoms with Gasteiger partial charge in [-0.2, -0.15) is 0 Å². The highest BCUT2D eigenvalue weighted by atomic mass is 79.9. The second-order valence-corrected chi connectivity index (χ2v) is 5.74. The van der Waals surface area contributed by atoms with E-state index in [1.165, 1.54) is 23.6 Å². The molecule has 1 heterocycles. The van der Waals surface area contributed by atoms with Crippen LogP contribution in [0.5, 0.6) is 5.75 Å². The van der Waals surface area contributed by atoms with Crippen LogP contribution in [0.4, 0.5) is 10.1 Å². The largest absolute Gasteiger partial charge is 0.483 e. The molecule has 0 bridgehead atoms. The van der Waals surface area contributed by atoms with Crippen LogP contribution >= 0.6 is 27.3 Å². The van der Waals surface area contributed by atoms with E-state index in [0.717, 1.165) is 11.3 Å². The minimum absolute atomic E-state index is 0.0448. The van der Waals surface area contributed by atoms with E-state index in [1.54, 1.807) is 6.07 Å². The predicted octanol–water partition coefficient (Wildman–Crippen LogP) is 3.37. The predicted molar refractivity (Wildman–Crippen MR) is 79.5 cm³/mol. The SMILES string of the molecule is O=C(COc1csc(C(=O)O)c1)Nc1ccc(Br)cc1F. The number of nitrogens with one attached hydrogen (secondary N) is 1. The average molecular weight is 374 g/mol. The van der Waals surface area contributed by atoms with Crippen LogP contribution < -0.4 is 10.1 Å². The number of amides is 1. The van der Waals surface area contributed by atoms with E-state index in [1.807, 2.05) is 0 Å². The van der Waals surface area contributed by atoms with Crippen molar-refractivity contribution < 1.29 is 23.8 Å². The van der Waals surface area contributed by atoms with E-state index >= 15 is 0 Å². The van der Waals surface area contributed by atoms with Crippen LogP contribution in [0.25, 0.3) is 0 Å². The summed E-state index contributed by atoms with van der Waals surface area (Å²) in [5.74, 6) is -1.89. The molecule has 0 aliphatic carbocycles. The summed E-state index contributed by atoms with van der Waals surface area (Å²) in [5.41, 5.74) is 0.0448. The first-order valence-corrected chi connectivity index (χ1v) is 7.32. The second kappa shape index (κ2) is 6.68. The van der Waals surface area contributed by atoms with Gasteiger partial charge in [0.1, 0.15) is 16.4 Å². The fourth-order valence-corrected chi connectivity index (χ4v) is 2.43. The van der Waals surface area contributed by atoms with Crippen LogP contribution in [-0.2, 0) is 4.79 Å². The molecule has 2 rings (SSSR count). The van der Waals surface area contributed by atoms with E-state index < -0.39 is 17.7 Å². The highest BCUT2D eigenvalue weighted by Gasteiger charge is 2.11. The number of carboxylic acids is 1. The monoisotopic (exact) mass is 373 g/mol. The number of rotatable bonds is 5. The smallest absolute Gasteiger partial charge is 0.346 e. The Balaban J connectivity index is 1.91. The molecule has 1 amide bonds. The minimum atomic E-state index is -1.06. The molecule has 0 fully saturated rings. The number of hydrogen-bond acceptors (Lipinski definition) is 4. The Hall–Kier alpha value is -1.93. The maximum Gasteiger partial charge on any atom is 0.346 e. The van der Waals surface area contributed by atoms with Gasteiger partial charge in [-0.1, -0.05) is 15.9 Å². The molecule has 0 aliphatic rings. The Morgan fingerprint density at radius 2 is 2.14 bits per heavy atom. The summed E-state index contributed by atoms with van der Waals surface area (Å²) in [6, 6.07) is 5.57. The van der Waals surface area contributed by atoms with Crippen LogP contribution in [0.1, 0.15) is 9.67 Å². The van der Waals surface area contributed by atoms with Crippen molar-refractivity contribution in [3.8, 4) is 5.75 Å². The number of benzene rings is 1. The fraction of sp³-hybridized carbons (Fsp3) is 0.0769. The van der Waals surface area contributed by atoms with Gasteiger partial charge in [0, 0.05) is 15.9 Å². The highest BCUT2D eigenvalue weighted by Crippen LogP contribution is 2.22. The van der Waals surface area contributed by atoms with Gasteiger partial charge in [-0.3, -0.25) is 4.79 Å². The minimum Gasteiger partial charge on any atom is -0.483 e. The number of anilines is 1. The summed E-state index contributed by atoms with van der Waals surface area (Å²) >= 11 is 4.11. The Kier molecular flexibility index (Phi) is 4.92. The lowest BCUT2D eigenvalue weighted by Gasteiger charge is -2.07. The molecule has 5 nitrogen and oxygen atoms in total. The summed E-state index contributed by atoms with van der Waals surface area (Å²) in [4.78, 5) is 22.4. The molecule has 1 aromatic heterocycles. The number of hydrogen-bond donors (Lipinski definition) is 2. The first-order chi connectivity index (χ1) is 9.95. The van der Waals surface area contributed by atoms with Crippen LogP contribution in [-0.4, -0.2) is 23.6 Å². The number of thiophene rings is 1. The van der Waals surface area contributed by atoms with Crippen molar-refractivity contribution in [3.63, 3.8) is 0 Å². The molecular formula is C13H9BrFNO4S. The fourth-order valence-electron chi connectivity index (χ4n) is 1.43. The topological polar surface area (TPSA) is 75.6 Å². The van der Waals surface area contributed by atoms with Crippen molar-refractivity contribution in [2.75, 3.05) is 11.9 Å². The Bertz CT molecular complexity index is 689. The maximum atomic E-state index is 13.5. The third kappa shape index (κ3) is 4.27. The van der Waals surface area contributed by atoms with Crippen LogP contribution in [0, 0.1) is 5.82 Å². The first kappa shape index (κ1) is 15.5. The van der Waals surface area contributed by atoms with E-state index in [4.69, 9.17) is 9.84 Å². The standard InChI is InChI=1S/C13H9BrFNO4S/c14-7-1-2-10(9(15)3-7)16-12(17)5-20-8-4-11(13(18)19)21-6-8/h1-4,6H,5H2,(H,16,17)(H,18,19). The molecule has 0 aliphatic heterocycles. The second-order valence-electron chi connectivity index (χ2n) is 3.91. The van der Waals surface area contributed by atoms with Gasteiger partial charge in [-0.15, -0.1) is 11.3 Å². The van der Waals surface area contributed by atoms with Crippen LogP contribution in [0.2, 0.25) is 0 Å². The molecule has 110 valence electrons. The van der Waals surface area contributed by atoms with Crippen molar-refractivity contribution in [3.05, 3.63) is 44.8 Å². The van der Waals surface area contributed by atoms with Crippen molar-refractivity contribution in [2.45, 2.75) is 0 Å². The highest BCUT2D eigenvalue weighted by molar-refractivity contribution is 9.10. The zero-order valence-corrected chi connectivity index (χ0v) is 12.8. The summed E-state index contributed by atoms with van der Waals surface area (Å²) in [6.07, 6.45) is 0. The lowest BCUT2D eigenvalue weighted by molar-refractivity contribution is -0.118. The molecule has 0 spiro atoms. The van der Waals surface area contributed by atoms with E-state index in [9.17, 15) is 14.0 Å². The van der Waals surface area contributed by atoms with Gasteiger partial charge in [0.25, 0.3) is 5.91 Å². The van der Waals surface area contributed by atoms with Gasteiger partial charge >= 0.3 is 5.97 Å². The lowest BCUT2D eigenvalue weighted by atomic mass is 10.3. The third-order valence-electron chi connectivity index (χ3n) is 2.36. The van der Waals surface area contributed by atoms with Crippen LogP contribution in [0.3, 0.4) is 0 Å². The molecule has 0 unspecified atom stereocenters. The third-order valence-corrected chi connectivity index (χ3v) is 3.75. The van der Waals surface area contributed by atoms with Crippen LogP contribution in [0.15, 0.2) is 34.1 Å². The van der Waals surface area contributed by atoms with Gasteiger partial charge < -0.3 is 15.2 Å². The number of carbonyl (C=O) groups excluding carboxylic acids is 1. The molecule has 2 N–H and O–H groups in total. The molecule has 0 saturated carbocycles. The van der Waals surface area contributed by atoms with E-state index in [-0.39, 0.29) is 22.9 Å². The molecule has 0 saturated heterocycles. The molecule has 1 aromatic carbocycles. The summed E-state index contributed by atoms with van der Waals surface area (Å²) in [7, 11) is 0.